The van der Waals surface area contributed by atoms with Crippen molar-refractivity contribution >= 4 is 29.2 Å². The summed E-state index contributed by atoms with van der Waals surface area (Å²) < 4.78 is 5.01. The monoisotopic (exact) mass is 318 g/mol. The highest BCUT2D eigenvalue weighted by atomic mass is 35.5. The SMILES string of the molecule is CCOC(=O)c1ccccc1N(C)C(=O)c1ccc(Cl)nc1. The van der Waals surface area contributed by atoms with Gasteiger partial charge in [-0.3, -0.25) is 4.79 Å². The van der Waals surface area contributed by atoms with Gasteiger partial charge in [0.05, 0.1) is 23.4 Å². The molecule has 0 N–H and O–H groups in total. The molecule has 1 aromatic carbocycles. The van der Waals surface area contributed by atoms with E-state index in [-0.39, 0.29) is 12.5 Å². The van der Waals surface area contributed by atoms with Crippen molar-refractivity contribution in [3.8, 4) is 0 Å². The van der Waals surface area contributed by atoms with Gasteiger partial charge in [-0.2, -0.15) is 0 Å². The number of ether oxygens (including phenoxy) is 1. The van der Waals surface area contributed by atoms with Crippen LogP contribution in [-0.2, 0) is 4.74 Å². The van der Waals surface area contributed by atoms with E-state index in [4.69, 9.17) is 16.3 Å². The van der Waals surface area contributed by atoms with Crippen LogP contribution in [0.2, 0.25) is 5.15 Å². The molecule has 0 aliphatic carbocycles. The number of benzene rings is 1. The molecule has 0 radical (unpaired) electrons. The van der Waals surface area contributed by atoms with Crippen molar-refractivity contribution in [2.45, 2.75) is 6.92 Å². The van der Waals surface area contributed by atoms with E-state index >= 15 is 0 Å². The maximum absolute atomic E-state index is 12.5. The highest BCUT2D eigenvalue weighted by Crippen LogP contribution is 2.22. The minimum absolute atomic E-state index is 0.270. The van der Waals surface area contributed by atoms with E-state index in [1.165, 1.54) is 11.1 Å². The van der Waals surface area contributed by atoms with Crippen LogP contribution in [0.15, 0.2) is 42.6 Å². The van der Waals surface area contributed by atoms with Gasteiger partial charge < -0.3 is 9.64 Å². The smallest absolute Gasteiger partial charge is 0.340 e. The molecule has 0 bridgehead atoms. The maximum atomic E-state index is 12.5. The molecule has 0 aliphatic heterocycles. The zero-order valence-corrected chi connectivity index (χ0v) is 13.0. The van der Waals surface area contributed by atoms with E-state index in [0.717, 1.165) is 0 Å². The average Bonchev–Trinajstić information content (AvgIpc) is 2.54. The van der Waals surface area contributed by atoms with Crippen LogP contribution in [0.1, 0.15) is 27.6 Å². The summed E-state index contributed by atoms with van der Waals surface area (Å²) in [6.45, 7) is 2.00. The molecule has 0 spiro atoms. The zero-order chi connectivity index (χ0) is 16.1. The van der Waals surface area contributed by atoms with Crippen LogP contribution in [0.3, 0.4) is 0 Å². The molecule has 1 amide bonds. The van der Waals surface area contributed by atoms with Crippen molar-refractivity contribution in [1.82, 2.24) is 4.98 Å². The summed E-state index contributed by atoms with van der Waals surface area (Å²) in [5, 5.41) is 0.311. The van der Waals surface area contributed by atoms with Crippen LogP contribution in [0.4, 0.5) is 5.69 Å². The lowest BCUT2D eigenvalue weighted by Crippen LogP contribution is -2.28. The second-order valence-corrected chi connectivity index (χ2v) is 4.86. The number of anilines is 1. The van der Waals surface area contributed by atoms with Crippen molar-refractivity contribution in [2.75, 3.05) is 18.6 Å². The van der Waals surface area contributed by atoms with Gasteiger partial charge in [0, 0.05) is 13.2 Å². The van der Waals surface area contributed by atoms with Crippen LogP contribution in [0.25, 0.3) is 0 Å². The molecular formula is C16H15ClN2O3. The van der Waals surface area contributed by atoms with Gasteiger partial charge >= 0.3 is 5.97 Å². The number of amides is 1. The van der Waals surface area contributed by atoms with Crippen molar-refractivity contribution in [2.24, 2.45) is 0 Å². The third-order valence-corrected chi connectivity index (χ3v) is 3.26. The molecule has 0 fully saturated rings. The largest absolute Gasteiger partial charge is 0.462 e. The van der Waals surface area contributed by atoms with Gasteiger partial charge in [0.25, 0.3) is 5.91 Å². The third-order valence-electron chi connectivity index (χ3n) is 3.04. The molecule has 0 atom stereocenters. The first kappa shape index (κ1) is 16.0. The van der Waals surface area contributed by atoms with Crippen molar-refractivity contribution in [3.05, 3.63) is 58.9 Å². The first-order valence-corrected chi connectivity index (χ1v) is 7.08. The van der Waals surface area contributed by atoms with Crippen molar-refractivity contribution in [3.63, 3.8) is 0 Å². The Labute approximate surface area is 133 Å². The van der Waals surface area contributed by atoms with Gasteiger partial charge in [0.15, 0.2) is 0 Å². The number of carbonyl (C=O) groups excluding carboxylic acids is 2. The predicted molar refractivity (Wildman–Crippen MR) is 84.4 cm³/mol. The Morgan fingerprint density at radius 1 is 1.23 bits per heavy atom. The molecule has 0 saturated heterocycles. The molecule has 6 heteroatoms. The number of esters is 1. The molecule has 5 nitrogen and oxygen atoms in total. The van der Waals surface area contributed by atoms with Gasteiger partial charge in [-0.15, -0.1) is 0 Å². The molecule has 114 valence electrons. The number of aromatic nitrogens is 1. The molecule has 0 unspecified atom stereocenters. The number of halogens is 1. The van der Waals surface area contributed by atoms with Gasteiger partial charge in [0.1, 0.15) is 5.15 Å². The van der Waals surface area contributed by atoms with E-state index in [0.29, 0.717) is 22.0 Å². The number of hydrogen-bond acceptors (Lipinski definition) is 4. The summed E-state index contributed by atoms with van der Waals surface area (Å²) in [6.07, 6.45) is 1.40. The Morgan fingerprint density at radius 2 is 1.95 bits per heavy atom. The summed E-state index contributed by atoms with van der Waals surface area (Å²) in [4.78, 5) is 29.7. The number of para-hydroxylation sites is 1. The number of nitrogens with zero attached hydrogens (tertiary/aromatic N) is 2. The van der Waals surface area contributed by atoms with Crippen LogP contribution < -0.4 is 4.90 Å². The van der Waals surface area contributed by atoms with Crippen molar-refractivity contribution in [1.29, 1.82) is 0 Å². The average molecular weight is 319 g/mol. The molecule has 2 rings (SSSR count). The molecule has 2 aromatic rings. The molecule has 1 aromatic heterocycles. The van der Waals surface area contributed by atoms with Crippen LogP contribution in [0.5, 0.6) is 0 Å². The quantitative estimate of drug-likeness (QED) is 0.641. The van der Waals surface area contributed by atoms with Crippen LogP contribution in [-0.4, -0.2) is 30.5 Å². The number of pyridine rings is 1. The van der Waals surface area contributed by atoms with E-state index < -0.39 is 5.97 Å². The minimum Gasteiger partial charge on any atom is -0.462 e. The summed E-state index contributed by atoms with van der Waals surface area (Å²) in [6, 6.07) is 9.91. The standard InChI is InChI=1S/C16H15ClN2O3/c1-3-22-16(21)12-6-4-5-7-13(12)19(2)15(20)11-8-9-14(17)18-10-11/h4-10H,3H2,1-2H3. The van der Waals surface area contributed by atoms with Gasteiger partial charge in [0.2, 0.25) is 0 Å². The zero-order valence-electron chi connectivity index (χ0n) is 12.2. The molecular weight excluding hydrogens is 304 g/mol. The third kappa shape index (κ3) is 3.43. The second-order valence-electron chi connectivity index (χ2n) is 4.47. The Kier molecular flexibility index (Phi) is 5.12. The number of hydrogen-bond donors (Lipinski definition) is 0. The van der Waals surface area contributed by atoms with Gasteiger partial charge in [-0.05, 0) is 31.2 Å². The Hall–Kier alpha value is -2.40. The summed E-state index contributed by atoms with van der Waals surface area (Å²) >= 11 is 5.72. The topological polar surface area (TPSA) is 59.5 Å². The van der Waals surface area contributed by atoms with Crippen LogP contribution in [0, 0.1) is 0 Å². The van der Waals surface area contributed by atoms with E-state index in [1.54, 1.807) is 50.4 Å². The van der Waals surface area contributed by atoms with E-state index in [1.807, 2.05) is 0 Å². The fourth-order valence-corrected chi connectivity index (χ4v) is 2.06. The molecule has 1 heterocycles. The molecule has 22 heavy (non-hydrogen) atoms. The Morgan fingerprint density at radius 3 is 2.59 bits per heavy atom. The highest BCUT2D eigenvalue weighted by Gasteiger charge is 2.20. The van der Waals surface area contributed by atoms with E-state index in [2.05, 4.69) is 4.98 Å². The fraction of sp³-hybridized carbons (Fsp3) is 0.188. The molecule has 0 aliphatic rings. The Balaban J connectivity index is 2.33. The molecule has 0 saturated carbocycles. The number of rotatable bonds is 4. The Bertz CT molecular complexity index is 686. The number of carbonyl (C=O) groups is 2. The lowest BCUT2D eigenvalue weighted by atomic mass is 10.1. The maximum Gasteiger partial charge on any atom is 0.340 e. The second kappa shape index (κ2) is 7.04. The van der Waals surface area contributed by atoms with Crippen molar-refractivity contribution < 1.29 is 14.3 Å². The fourth-order valence-electron chi connectivity index (χ4n) is 1.95. The summed E-state index contributed by atoms with van der Waals surface area (Å²) in [5.74, 6) is -0.757. The predicted octanol–water partition coefficient (Wildman–Crippen LogP) is 3.19. The minimum atomic E-state index is -0.466. The first-order chi connectivity index (χ1) is 10.5. The van der Waals surface area contributed by atoms with E-state index in [9.17, 15) is 9.59 Å². The van der Waals surface area contributed by atoms with Gasteiger partial charge in [-0.1, -0.05) is 23.7 Å². The first-order valence-electron chi connectivity index (χ1n) is 6.70. The lowest BCUT2D eigenvalue weighted by Gasteiger charge is -2.20. The lowest BCUT2D eigenvalue weighted by molar-refractivity contribution is 0.0527. The summed E-state index contributed by atoms with van der Waals surface area (Å²) in [5.41, 5.74) is 1.19. The summed E-state index contributed by atoms with van der Waals surface area (Å²) in [7, 11) is 1.59. The normalized spacial score (nSPS) is 10.1. The van der Waals surface area contributed by atoms with Crippen LogP contribution >= 0.6 is 11.6 Å². The highest BCUT2D eigenvalue weighted by molar-refractivity contribution is 6.29. The van der Waals surface area contributed by atoms with Gasteiger partial charge in [-0.25, -0.2) is 9.78 Å².